The number of rotatable bonds is 10. The third kappa shape index (κ3) is 11.8. The number of aryl methyl sites for hydroxylation is 2. The van der Waals surface area contributed by atoms with Crippen molar-refractivity contribution in [1.29, 1.82) is 0 Å². The summed E-state index contributed by atoms with van der Waals surface area (Å²) in [6.07, 6.45) is 0. The Kier molecular flexibility index (Phi) is 16.8. The summed E-state index contributed by atoms with van der Waals surface area (Å²) in [6.45, 7) is 9.25. The van der Waals surface area contributed by atoms with Crippen LogP contribution in [0.3, 0.4) is 0 Å². The van der Waals surface area contributed by atoms with Gasteiger partial charge in [-0.1, -0.05) is 54.1 Å². The molecule has 0 bridgehead atoms. The fraction of sp³-hybridized carbons (Fsp3) is 0.176. The average Bonchev–Trinajstić information content (AvgIpc) is 3.00. The van der Waals surface area contributed by atoms with Crippen LogP contribution < -0.4 is 9.47 Å². The van der Waals surface area contributed by atoms with Crippen molar-refractivity contribution in [2.45, 2.75) is 37.5 Å². The maximum atomic E-state index is 5.66. The predicted octanol–water partition coefficient (Wildman–Crippen LogP) is 9.81. The van der Waals surface area contributed by atoms with Crippen LogP contribution in [0.1, 0.15) is 36.1 Å². The quantitative estimate of drug-likeness (QED) is 0.0904. The Hall–Kier alpha value is -1.97. The van der Waals surface area contributed by atoms with E-state index in [1.165, 1.54) is 23.5 Å². The SMILES string of the molecule is CCOc1ccc(C)c(/C([S-])=C(/[S-])Sc2ccccc2)c1.CCOc1ccc(C)cc1/C([S-])=C(/[S-])Sc1ccccc1.[Ni]. The Balaban J connectivity index is 0.000000293. The molecule has 0 fully saturated rings. The van der Waals surface area contributed by atoms with Gasteiger partial charge in [-0.15, -0.1) is 23.5 Å². The Morgan fingerprint density at radius 1 is 0.605 bits per heavy atom. The molecular formula is C34H32NiO2S6-4. The molecule has 0 spiro atoms. The van der Waals surface area contributed by atoms with Crippen molar-refractivity contribution in [3.05, 3.63) is 128 Å². The molecule has 0 saturated carbocycles. The average molecular weight is 724 g/mol. The van der Waals surface area contributed by atoms with Gasteiger partial charge in [0.25, 0.3) is 0 Å². The topological polar surface area (TPSA) is 18.5 Å². The Morgan fingerprint density at radius 2 is 1.12 bits per heavy atom. The molecule has 2 nitrogen and oxygen atoms in total. The largest absolute Gasteiger partial charge is 0.780 e. The summed E-state index contributed by atoms with van der Waals surface area (Å²) in [6, 6.07) is 32.0. The second kappa shape index (κ2) is 19.4. The fourth-order valence-corrected chi connectivity index (χ4v) is 6.56. The molecule has 4 aromatic carbocycles. The summed E-state index contributed by atoms with van der Waals surface area (Å²) in [4.78, 5) is 3.57. The Morgan fingerprint density at radius 3 is 1.63 bits per heavy atom. The zero-order chi connectivity index (χ0) is 30.5. The van der Waals surface area contributed by atoms with Crippen LogP contribution in [-0.4, -0.2) is 13.2 Å². The van der Waals surface area contributed by atoms with Gasteiger partial charge in [0.2, 0.25) is 0 Å². The molecule has 230 valence electrons. The van der Waals surface area contributed by atoms with Gasteiger partial charge in [0.05, 0.1) is 13.2 Å². The smallest absolute Gasteiger partial charge is 0.124 e. The summed E-state index contributed by atoms with van der Waals surface area (Å²) in [5, 5.41) is 0. The molecule has 0 heterocycles. The van der Waals surface area contributed by atoms with Crippen molar-refractivity contribution in [2.24, 2.45) is 0 Å². The zero-order valence-corrected chi connectivity index (χ0v) is 30.1. The van der Waals surface area contributed by atoms with Crippen LogP contribution in [0.15, 0.2) is 115 Å². The molecule has 4 aromatic rings. The van der Waals surface area contributed by atoms with Gasteiger partial charge in [0.1, 0.15) is 11.5 Å². The molecule has 0 N–H and O–H groups in total. The minimum atomic E-state index is 0. The summed E-state index contributed by atoms with van der Waals surface area (Å²) in [5.41, 5.74) is 4.13. The van der Waals surface area contributed by atoms with E-state index in [0.29, 0.717) is 31.5 Å². The van der Waals surface area contributed by atoms with Gasteiger partial charge in [-0.05, 0) is 92.9 Å². The summed E-state index contributed by atoms with van der Waals surface area (Å²) in [5.74, 6) is 1.62. The second-order valence-corrected chi connectivity index (χ2v) is 13.2. The minimum Gasteiger partial charge on any atom is -0.780 e. The van der Waals surface area contributed by atoms with Crippen LogP contribution in [0.4, 0.5) is 0 Å². The molecule has 0 saturated heterocycles. The van der Waals surface area contributed by atoms with E-state index in [1.807, 2.05) is 125 Å². The van der Waals surface area contributed by atoms with Crippen LogP contribution in [0.25, 0.3) is 9.81 Å². The number of thioether (sulfide) groups is 2. The van der Waals surface area contributed by atoms with E-state index >= 15 is 0 Å². The molecule has 43 heavy (non-hydrogen) atoms. The van der Waals surface area contributed by atoms with Crippen LogP contribution in [-0.2, 0) is 67.0 Å². The first kappa shape index (κ1) is 37.2. The standard InChI is InChI=1S/2C17H18OS3.Ni/c1-3-18-13-10-9-12(2)15(11-13)16(19)17(20)21-14-7-5-4-6-8-14;1-3-18-15-10-9-12(2)11-14(15)16(19)17(20)21-13-7-5-4-6-8-13;/h2*4-11,19-20H,3H2,1-2H3;/p-4/b2*17-16+;. The number of ether oxygens (including phenoxy) is 2. The van der Waals surface area contributed by atoms with Gasteiger partial charge in [0.15, 0.2) is 0 Å². The Labute approximate surface area is 297 Å². The number of hydrogen-bond donors (Lipinski definition) is 0. The molecule has 0 unspecified atom stereocenters. The van der Waals surface area contributed by atoms with Crippen molar-refractivity contribution in [3.8, 4) is 11.5 Å². The maximum Gasteiger partial charge on any atom is 0.124 e. The van der Waals surface area contributed by atoms with E-state index in [4.69, 9.17) is 60.0 Å². The van der Waals surface area contributed by atoms with Crippen LogP contribution in [0.5, 0.6) is 11.5 Å². The first-order chi connectivity index (χ1) is 20.2. The Bertz CT molecular complexity index is 1510. The number of benzene rings is 4. The molecule has 0 aliphatic heterocycles. The second-order valence-electron chi connectivity index (χ2n) is 8.91. The summed E-state index contributed by atoms with van der Waals surface area (Å²) >= 11 is 25.1. The van der Waals surface area contributed by atoms with Gasteiger partial charge in [-0.25, -0.2) is 0 Å². The molecule has 0 atom stereocenters. The van der Waals surface area contributed by atoms with Crippen molar-refractivity contribution in [2.75, 3.05) is 13.2 Å². The number of hydrogen-bond acceptors (Lipinski definition) is 8. The van der Waals surface area contributed by atoms with Gasteiger partial charge in [-0.2, -0.15) is 18.3 Å². The van der Waals surface area contributed by atoms with Gasteiger partial charge in [0, 0.05) is 26.3 Å². The molecule has 0 aliphatic rings. The van der Waals surface area contributed by atoms with Gasteiger partial charge < -0.3 is 60.0 Å². The molecule has 9 heteroatoms. The van der Waals surface area contributed by atoms with Crippen LogP contribution in [0, 0.1) is 13.8 Å². The van der Waals surface area contributed by atoms with Crippen molar-refractivity contribution >= 4 is 83.8 Å². The van der Waals surface area contributed by atoms with E-state index in [9.17, 15) is 0 Å². The van der Waals surface area contributed by atoms with Gasteiger partial charge in [-0.3, -0.25) is 0 Å². The van der Waals surface area contributed by atoms with Crippen molar-refractivity contribution < 1.29 is 26.0 Å². The van der Waals surface area contributed by atoms with Crippen LogP contribution in [0.2, 0.25) is 0 Å². The third-order valence-electron chi connectivity index (χ3n) is 5.72. The predicted molar refractivity (Wildman–Crippen MR) is 193 cm³/mol. The van der Waals surface area contributed by atoms with Crippen molar-refractivity contribution in [3.63, 3.8) is 0 Å². The molecule has 0 aliphatic carbocycles. The zero-order valence-electron chi connectivity index (χ0n) is 24.2. The maximum absolute atomic E-state index is 5.66. The van der Waals surface area contributed by atoms with Crippen LogP contribution >= 0.6 is 23.5 Å². The van der Waals surface area contributed by atoms with E-state index in [2.05, 4.69) is 0 Å². The monoisotopic (exact) mass is 722 g/mol. The van der Waals surface area contributed by atoms with Gasteiger partial charge >= 0.3 is 0 Å². The minimum absolute atomic E-state index is 0. The first-order valence-electron chi connectivity index (χ1n) is 13.3. The molecule has 0 amide bonds. The molecule has 4 rings (SSSR count). The van der Waals surface area contributed by atoms with E-state index in [1.54, 1.807) is 0 Å². The molecule has 0 radical (unpaired) electrons. The summed E-state index contributed by atoms with van der Waals surface area (Å²) in [7, 11) is 0. The first-order valence-corrected chi connectivity index (χ1v) is 16.6. The molecule has 0 aromatic heterocycles. The van der Waals surface area contributed by atoms with E-state index in [-0.39, 0.29) is 16.5 Å². The van der Waals surface area contributed by atoms with E-state index in [0.717, 1.165) is 43.5 Å². The summed E-state index contributed by atoms with van der Waals surface area (Å²) < 4.78 is 12.6. The van der Waals surface area contributed by atoms with E-state index < -0.39 is 0 Å². The molecular weight excluding hydrogens is 691 g/mol. The van der Waals surface area contributed by atoms with Crippen molar-refractivity contribution in [1.82, 2.24) is 0 Å². The normalized spacial score (nSPS) is 11.6. The third-order valence-corrected chi connectivity index (χ3v) is 9.79. The fourth-order valence-electron chi connectivity index (χ4n) is 3.71.